The van der Waals surface area contributed by atoms with Crippen LogP contribution in [0.5, 0.6) is 0 Å². The van der Waals surface area contributed by atoms with Crippen LogP contribution in [0, 0.1) is 18.8 Å². The van der Waals surface area contributed by atoms with Crippen molar-refractivity contribution in [3.05, 3.63) is 113 Å². The van der Waals surface area contributed by atoms with Gasteiger partial charge in [0.25, 0.3) is 0 Å². The summed E-state index contributed by atoms with van der Waals surface area (Å²) in [4.78, 5) is 42.5. The number of carbonyl (C=O) groups is 3. The molecule has 2 fully saturated rings. The van der Waals surface area contributed by atoms with Crippen molar-refractivity contribution in [1.29, 1.82) is 0 Å². The highest BCUT2D eigenvalue weighted by Gasteiger charge is 2.68. The summed E-state index contributed by atoms with van der Waals surface area (Å²) in [5.74, 6) is -4.15. The van der Waals surface area contributed by atoms with E-state index in [-0.39, 0.29) is 6.42 Å². The first-order chi connectivity index (χ1) is 18.3. The zero-order chi connectivity index (χ0) is 26.6. The van der Waals surface area contributed by atoms with Crippen LogP contribution in [0.2, 0.25) is 5.02 Å². The lowest BCUT2D eigenvalue weighted by molar-refractivity contribution is -0.148. The molecule has 190 valence electrons. The molecular formula is C31H25ClN2O4. The molecule has 2 amide bonds. The smallest absolute Gasteiger partial charge is 0.325 e. The summed E-state index contributed by atoms with van der Waals surface area (Å²) >= 11 is 6.36. The summed E-state index contributed by atoms with van der Waals surface area (Å²) in [5, 5.41) is 16.4. The minimum Gasteiger partial charge on any atom is -0.480 e. The molecule has 38 heavy (non-hydrogen) atoms. The number of carbonyl (C=O) groups excluding carboxylic acids is 2. The third kappa shape index (κ3) is 3.63. The summed E-state index contributed by atoms with van der Waals surface area (Å²) in [5.41, 5.74) is 1.02. The first-order valence-electron chi connectivity index (χ1n) is 12.5. The highest BCUT2D eigenvalue weighted by atomic mass is 35.5. The van der Waals surface area contributed by atoms with E-state index in [1.165, 1.54) is 0 Å². The lowest BCUT2D eigenvalue weighted by atomic mass is 9.76. The number of nitrogens with one attached hydrogen (secondary N) is 1. The Morgan fingerprint density at radius 2 is 1.66 bits per heavy atom. The molecule has 6 nitrogen and oxygen atoms in total. The van der Waals surface area contributed by atoms with Gasteiger partial charge in [-0.1, -0.05) is 90.5 Å². The van der Waals surface area contributed by atoms with Crippen molar-refractivity contribution in [1.82, 2.24) is 5.32 Å². The molecule has 0 spiro atoms. The van der Waals surface area contributed by atoms with Gasteiger partial charge in [-0.25, -0.2) is 4.90 Å². The van der Waals surface area contributed by atoms with Gasteiger partial charge in [-0.15, -0.1) is 0 Å². The van der Waals surface area contributed by atoms with Crippen molar-refractivity contribution in [3.8, 4) is 0 Å². The molecule has 6 rings (SSSR count). The van der Waals surface area contributed by atoms with Gasteiger partial charge in [0.2, 0.25) is 11.8 Å². The molecule has 2 saturated heterocycles. The average Bonchev–Trinajstić information content (AvgIpc) is 3.40. The molecule has 4 unspecified atom stereocenters. The fraction of sp³-hybridized carbons (Fsp3) is 0.194. The standard InChI is InChI=1S/C31H25ClN2O4/c1-18-14-15-21(16-24(18)32)34-28(35)25-26(29(34)36)31(30(37)38,17-19-8-3-2-4-9-19)33-27(25)23-13-7-11-20-10-5-6-12-22(20)23/h2-16,25-27,33H,17H2,1H3,(H,37,38). The molecule has 2 aliphatic heterocycles. The van der Waals surface area contributed by atoms with E-state index in [1.807, 2.05) is 79.7 Å². The van der Waals surface area contributed by atoms with Crippen molar-refractivity contribution in [2.45, 2.75) is 24.9 Å². The van der Waals surface area contributed by atoms with Crippen LogP contribution >= 0.6 is 11.6 Å². The van der Waals surface area contributed by atoms with Crippen molar-refractivity contribution in [2.75, 3.05) is 4.90 Å². The Balaban J connectivity index is 1.55. The molecule has 0 saturated carbocycles. The molecule has 4 aromatic rings. The lowest BCUT2D eigenvalue weighted by Gasteiger charge is -2.31. The van der Waals surface area contributed by atoms with Crippen LogP contribution in [0.3, 0.4) is 0 Å². The van der Waals surface area contributed by atoms with Gasteiger partial charge < -0.3 is 5.11 Å². The third-order valence-electron chi connectivity index (χ3n) is 7.93. The molecule has 0 aliphatic carbocycles. The number of anilines is 1. The van der Waals surface area contributed by atoms with Crippen LogP contribution in [-0.4, -0.2) is 28.4 Å². The second-order valence-electron chi connectivity index (χ2n) is 10.1. The Bertz CT molecular complexity index is 1600. The average molecular weight is 525 g/mol. The first-order valence-corrected chi connectivity index (χ1v) is 12.9. The minimum absolute atomic E-state index is 0.0487. The SMILES string of the molecule is Cc1ccc(N2C(=O)C3C(c4cccc5ccccc45)NC(Cc4ccccc4)(C(=O)O)C3C2=O)cc1Cl. The number of benzene rings is 4. The first kappa shape index (κ1) is 24.3. The molecule has 0 radical (unpaired) electrons. The second-order valence-corrected chi connectivity index (χ2v) is 10.5. The van der Waals surface area contributed by atoms with E-state index in [0.717, 1.165) is 32.4 Å². The maximum Gasteiger partial charge on any atom is 0.325 e. The number of amides is 2. The van der Waals surface area contributed by atoms with Gasteiger partial charge in [0, 0.05) is 17.5 Å². The number of rotatable bonds is 5. The van der Waals surface area contributed by atoms with E-state index in [0.29, 0.717) is 10.7 Å². The fourth-order valence-corrected chi connectivity index (χ4v) is 6.29. The Morgan fingerprint density at radius 1 is 0.947 bits per heavy atom. The van der Waals surface area contributed by atoms with Gasteiger partial charge in [0.05, 0.1) is 17.5 Å². The van der Waals surface area contributed by atoms with Gasteiger partial charge in [-0.3, -0.25) is 19.7 Å². The normalized spacial score (nSPS) is 24.7. The Hall–Kier alpha value is -4.00. The summed E-state index contributed by atoms with van der Waals surface area (Å²) < 4.78 is 0. The number of nitrogens with zero attached hydrogens (tertiary/aromatic N) is 1. The van der Waals surface area contributed by atoms with Gasteiger partial charge in [-0.05, 0) is 46.5 Å². The van der Waals surface area contributed by atoms with Crippen LogP contribution < -0.4 is 10.2 Å². The Morgan fingerprint density at radius 3 is 2.39 bits per heavy atom. The molecule has 2 N–H and O–H groups in total. The van der Waals surface area contributed by atoms with E-state index in [1.54, 1.807) is 18.2 Å². The minimum atomic E-state index is -1.69. The van der Waals surface area contributed by atoms with Crippen LogP contribution in [0.15, 0.2) is 91.0 Å². The Labute approximate surface area is 224 Å². The van der Waals surface area contributed by atoms with Gasteiger partial charge in [0.15, 0.2) is 0 Å². The molecular weight excluding hydrogens is 500 g/mol. The predicted octanol–water partition coefficient (Wildman–Crippen LogP) is 5.32. The van der Waals surface area contributed by atoms with Crippen LogP contribution in [0.1, 0.15) is 22.7 Å². The number of aryl methyl sites for hydroxylation is 1. The molecule has 4 aromatic carbocycles. The van der Waals surface area contributed by atoms with E-state index >= 15 is 0 Å². The molecule has 0 aromatic heterocycles. The highest BCUT2D eigenvalue weighted by molar-refractivity contribution is 6.32. The van der Waals surface area contributed by atoms with Crippen molar-refractivity contribution >= 4 is 45.8 Å². The van der Waals surface area contributed by atoms with Crippen LogP contribution in [-0.2, 0) is 20.8 Å². The van der Waals surface area contributed by atoms with E-state index in [9.17, 15) is 19.5 Å². The number of carboxylic acids is 1. The second kappa shape index (κ2) is 9.08. The number of imide groups is 1. The summed E-state index contributed by atoms with van der Waals surface area (Å²) in [7, 11) is 0. The zero-order valence-corrected chi connectivity index (χ0v) is 21.4. The number of hydrogen-bond acceptors (Lipinski definition) is 4. The van der Waals surface area contributed by atoms with Crippen molar-refractivity contribution < 1.29 is 19.5 Å². The van der Waals surface area contributed by atoms with Crippen LogP contribution in [0.4, 0.5) is 5.69 Å². The van der Waals surface area contributed by atoms with E-state index < -0.39 is 41.2 Å². The molecule has 4 atom stereocenters. The van der Waals surface area contributed by atoms with E-state index in [4.69, 9.17) is 11.6 Å². The van der Waals surface area contributed by atoms with Gasteiger partial charge >= 0.3 is 5.97 Å². The molecule has 2 aliphatic rings. The fourth-order valence-electron chi connectivity index (χ4n) is 6.12. The Kier molecular flexibility index (Phi) is 5.82. The van der Waals surface area contributed by atoms with E-state index in [2.05, 4.69) is 5.32 Å². The van der Waals surface area contributed by atoms with Crippen LogP contribution in [0.25, 0.3) is 10.8 Å². The molecule has 7 heteroatoms. The summed E-state index contributed by atoms with van der Waals surface area (Å²) in [6.45, 7) is 1.84. The lowest BCUT2D eigenvalue weighted by Crippen LogP contribution is -2.57. The molecule has 0 bridgehead atoms. The van der Waals surface area contributed by atoms with Crippen molar-refractivity contribution in [3.63, 3.8) is 0 Å². The summed E-state index contributed by atoms with van der Waals surface area (Å²) in [6, 6.07) is 27.1. The number of carboxylic acid groups (broad SMARTS) is 1. The maximum atomic E-state index is 14.1. The van der Waals surface area contributed by atoms with Gasteiger partial charge in [-0.2, -0.15) is 0 Å². The number of hydrogen-bond donors (Lipinski definition) is 2. The van der Waals surface area contributed by atoms with Gasteiger partial charge in [0.1, 0.15) is 5.54 Å². The molecule has 2 heterocycles. The zero-order valence-electron chi connectivity index (χ0n) is 20.6. The number of halogens is 1. The quantitative estimate of drug-likeness (QED) is 0.345. The summed E-state index contributed by atoms with van der Waals surface area (Å²) in [6.07, 6.45) is 0.0487. The monoisotopic (exact) mass is 524 g/mol. The topological polar surface area (TPSA) is 86.7 Å². The number of fused-ring (bicyclic) bond motifs is 2. The largest absolute Gasteiger partial charge is 0.480 e. The third-order valence-corrected chi connectivity index (χ3v) is 8.34. The number of aliphatic carboxylic acids is 1. The van der Waals surface area contributed by atoms with Crippen molar-refractivity contribution in [2.24, 2.45) is 11.8 Å². The predicted molar refractivity (Wildman–Crippen MR) is 146 cm³/mol. The highest BCUT2D eigenvalue weighted by Crippen LogP contribution is 2.52. The maximum absolute atomic E-state index is 14.1.